The van der Waals surface area contributed by atoms with Crippen LogP contribution in [-0.2, 0) is 0 Å². The van der Waals surface area contributed by atoms with Crippen molar-refractivity contribution >= 4 is 23.3 Å². The Balaban J connectivity index is 2.54. The minimum Gasteiger partial charge on any atom is -0.473 e. The minimum absolute atomic E-state index is 0.0898. The van der Waals surface area contributed by atoms with Gasteiger partial charge in [0.25, 0.3) is 0 Å². The number of hydrogen-bond acceptors (Lipinski definition) is 6. The molecule has 1 rings (SSSR count). The standard InChI is InChI=1S/C10H15F3N4OS/c1-6(2)18-9-7(14)8(16-5-17-9)15-3-4-19-10(11,12)13/h5-6H,3-4,14H2,1-2H3,(H,15,16,17). The number of nitrogens with zero attached hydrogens (tertiary/aromatic N) is 2. The number of alkyl halides is 3. The van der Waals surface area contributed by atoms with Crippen LogP contribution in [0.2, 0.25) is 0 Å². The zero-order valence-electron chi connectivity index (χ0n) is 10.5. The molecule has 0 unspecified atom stereocenters. The number of halogens is 3. The molecule has 9 heteroatoms. The van der Waals surface area contributed by atoms with Crippen molar-refractivity contribution in [1.29, 1.82) is 0 Å². The van der Waals surface area contributed by atoms with E-state index in [1.807, 2.05) is 13.8 Å². The molecule has 19 heavy (non-hydrogen) atoms. The molecule has 0 fully saturated rings. The summed E-state index contributed by atoms with van der Waals surface area (Å²) in [7, 11) is 0. The van der Waals surface area contributed by atoms with Crippen LogP contribution in [0.25, 0.3) is 0 Å². The molecule has 0 aromatic carbocycles. The van der Waals surface area contributed by atoms with Gasteiger partial charge in [-0.2, -0.15) is 18.2 Å². The van der Waals surface area contributed by atoms with Gasteiger partial charge in [-0.1, -0.05) is 0 Å². The number of nitrogens with one attached hydrogen (secondary N) is 1. The Morgan fingerprint density at radius 2 is 2.11 bits per heavy atom. The summed E-state index contributed by atoms with van der Waals surface area (Å²) in [5, 5.41) is 2.72. The van der Waals surface area contributed by atoms with Crippen molar-refractivity contribution in [3.8, 4) is 5.88 Å². The van der Waals surface area contributed by atoms with Gasteiger partial charge in [0.15, 0.2) is 5.82 Å². The van der Waals surface area contributed by atoms with Gasteiger partial charge < -0.3 is 15.8 Å². The molecular weight excluding hydrogens is 281 g/mol. The smallest absolute Gasteiger partial charge is 0.441 e. The summed E-state index contributed by atoms with van der Waals surface area (Å²) in [6, 6.07) is 0. The number of rotatable bonds is 6. The van der Waals surface area contributed by atoms with Gasteiger partial charge >= 0.3 is 5.51 Å². The summed E-state index contributed by atoms with van der Waals surface area (Å²) in [6.07, 6.45) is 1.14. The summed E-state index contributed by atoms with van der Waals surface area (Å²) in [5.74, 6) is 0.359. The molecule has 0 amide bonds. The highest BCUT2D eigenvalue weighted by Crippen LogP contribution is 2.30. The number of nitrogens with two attached hydrogens (primary N) is 1. The van der Waals surface area contributed by atoms with Gasteiger partial charge in [0.1, 0.15) is 12.0 Å². The number of ether oxygens (including phenoxy) is 1. The second-order valence-corrected chi connectivity index (χ2v) is 4.99. The van der Waals surface area contributed by atoms with Crippen LogP contribution in [0.3, 0.4) is 0 Å². The van der Waals surface area contributed by atoms with Crippen LogP contribution in [0.5, 0.6) is 5.88 Å². The van der Waals surface area contributed by atoms with Crippen molar-refractivity contribution in [2.75, 3.05) is 23.3 Å². The molecule has 108 valence electrons. The Morgan fingerprint density at radius 1 is 1.42 bits per heavy atom. The van der Waals surface area contributed by atoms with Gasteiger partial charge in [-0.25, -0.2) is 4.98 Å². The summed E-state index contributed by atoms with van der Waals surface area (Å²) in [5.41, 5.74) is 1.71. The molecule has 0 saturated carbocycles. The second-order valence-electron chi connectivity index (χ2n) is 3.83. The highest BCUT2D eigenvalue weighted by molar-refractivity contribution is 8.00. The van der Waals surface area contributed by atoms with Gasteiger partial charge in [-0.05, 0) is 25.6 Å². The predicted octanol–water partition coefficient (Wildman–Crippen LogP) is 2.51. The monoisotopic (exact) mass is 296 g/mol. The maximum Gasteiger partial charge on any atom is 0.441 e. The summed E-state index contributed by atoms with van der Waals surface area (Å²) in [6.45, 7) is 3.72. The molecule has 0 radical (unpaired) electrons. The Morgan fingerprint density at radius 3 is 2.68 bits per heavy atom. The quantitative estimate of drug-likeness (QED) is 0.786. The lowest BCUT2D eigenvalue weighted by molar-refractivity contribution is -0.0327. The van der Waals surface area contributed by atoms with Crippen LogP contribution in [-0.4, -0.2) is 33.9 Å². The molecule has 0 aliphatic rings. The largest absolute Gasteiger partial charge is 0.473 e. The van der Waals surface area contributed by atoms with Crippen molar-refractivity contribution in [3.05, 3.63) is 6.33 Å². The maximum absolute atomic E-state index is 11.9. The first-order chi connectivity index (χ1) is 8.79. The number of hydrogen-bond donors (Lipinski definition) is 2. The van der Waals surface area contributed by atoms with E-state index in [9.17, 15) is 13.2 Å². The molecule has 0 saturated heterocycles. The topological polar surface area (TPSA) is 73.1 Å². The Hall–Kier alpha value is -1.38. The van der Waals surface area contributed by atoms with Crippen LogP contribution < -0.4 is 15.8 Å². The lowest BCUT2D eigenvalue weighted by atomic mass is 10.4. The number of nitrogen functional groups attached to an aromatic ring is 1. The molecular formula is C10H15F3N4OS. The fourth-order valence-electron chi connectivity index (χ4n) is 1.17. The van der Waals surface area contributed by atoms with E-state index in [4.69, 9.17) is 10.5 Å². The normalized spacial score (nSPS) is 11.7. The van der Waals surface area contributed by atoms with Crippen molar-refractivity contribution in [1.82, 2.24) is 9.97 Å². The first-order valence-corrected chi connectivity index (χ1v) is 6.50. The minimum atomic E-state index is -4.23. The summed E-state index contributed by atoms with van der Waals surface area (Å²) in [4.78, 5) is 7.73. The SMILES string of the molecule is CC(C)Oc1ncnc(NCCSC(F)(F)F)c1N. The first kappa shape index (κ1) is 15.7. The molecule has 0 aliphatic heterocycles. The van der Waals surface area contributed by atoms with Crippen molar-refractivity contribution in [3.63, 3.8) is 0 Å². The third-order valence-electron chi connectivity index (χ3n) is 1.85. The molecule has 3 N–H and O–H groups in total. The zero-order valence-corrected chi connectivity index (χ0v) is 11.3. The van der Waals surface area contributed by atoms with E-state index in [1.165, 1.54) is 6.33 Å². The highest BCUT2D eigenvalue weighted by Gasteiger charge is 2.27. The molecule has 0 aliphatic carbocycles. The zero-order chi connectivity index (χ0) is 14.5. The Kier molecular flexibility index (Phi) is 5.52. The third kappa shape index (κ3) is 5.86. The van der Waals surface area contributed by atoms with Crippen LogP contribution in [0, 0.1) is 0 Å². The van der Waals surface area contributed by atoms with Gasteiger partial charge in [0.05, 0.1) is 6.10 Å². The molecule has 1 aromatic heterocycles. The highest BCUT2D eigenvalue weighted by atomic mass is 32.2. The second kappa shape index (κ2) is 6.69. The lowest BCUT2D eigenvalue weighted by Gasteiger charge is -2.13. The fraction of sp³-hybridized carbons (Fsp3) is 0.600. The predicted molar refractivity (Wildman–Crippen MR) is 69.2 cm³/mol. The average Bonchev–Trinajstić information content (AvgIpc) is 2.27. The van der Waals surface area contributed by atoms with E-state index >= 15 is 0 Å². The molecule has 0 spiro atoms. The molecule has 1 heterocycles. The number of anilines is 2. The average molecular weight is 296 g/mol. The van der Waals surface area contributed by atoms with E-state index < -0.39 is 5.51 Å². The summed E-state index contributed by atoms with van der Waals surface area (Å²) < 4.78 is 41.1. The van der Waals surface area contributed by atoms with Crippen LogP contribution >= 0.6 is 11.8 Å². The van der Waals surface area contributed by atoms with Crippen LogP contribution in [0.15, 0.2) is 6.33 Å². The van der Waals surface area contributed by atoms with E-state index in [1.54, 1.807) is 0 Å². The van der Waals surface area contributed by atoms with E-state index in [-0.39, 0.29) is 47.5 Å². The van der Waals surface area contributed by atoms with E-state index in [0.29, 0.717) is 0 Å². The summed E-state index contributed by atoms with van der Waals surface area (Å²) >= 11 is -0.104. The maximum atomic E-state index is 11.9. The van der Waals surface area contributed by atoms with E-state index in [0.717, 1.165) is 0 Å². The fourth-order valence-corrected chi connectivity index (χ4v) is 1.61. The number of aromatic nitrogens is 2. The molecule has 5 nitrogen and oxygen atoms in total. The molecule has 0 atom stereocenters. The first-order valence-electron chi connectivity index (χ1n) is 5.51. The van der Waals surface area contributed by atoms with Gasteiger partial charge in [0, 0.05) is 12.3 Å². The molecule has 0 bridgehead atoms. The van der Waals surface area contributed by atoms with Gasteiger partial charge in [-0.3, -0.25) is 0 Å². The Bertz CT molecular complexity index is 414. The van der Waals surface area contributed by atoms with Gasteiger partial charge in [-0.15, -0.1) is 0 Å². The Labute approximate surface area is 113 Å². The molecule has 1 aromatic rings. The third-order valence-corrected chi connectivity index (χ3v) is 2.59. The lowest BCUT2D eigenvalue weighted by Crippen LogP contribution is -2.14. The number of thioether (sulfide) groups is 1. The van der Waals surface area contributed by atoms with E-state index in [2.05, 4.69) is 15.3 Å². The van der Waals surface area contributed by atoms with Crippen LogP contribution in [0.1, 0.15) is 13.8 Å². The van der Waals surface area contributed by atoms with Crippen molar-refractivity contribution in [2.45, 2.75) is 25.5 Å². The van der Waals surface area contributed by atoms with Crippen LogP contribution in [0.4, 0.5) is 24.7 Å². The van der Waals surface area contributed by atoms with Crippen molar-refractivity contribution in [2.24, 2.45) is 0 Å². The van der Waals surface area contributed by atoms with Gasteiger partial charge in [0.2, 0.25) is 5.88 Å². The van der Waals surface area contributed by atoms with Crippen molar-refractivity contribution < 1.29 is 17.9 Å².